The summed E-state index contributed by atoms with van der Waals surface area (Å²) in [5, 5.41) is 12.1. The van der Waals surface area contributed by atoms with E-state index in [2.05, 4.69) is 4.98 Å². The third kappa shape index (κ3) is 3.73. The van der Waals surface area contributed by atoms with E-state index in [0.717, 1.165) is 15.8 Å². The monoisotopic (exact) mass is 490 g/mol. The van der Waals surface area contributed by atoms with Crippen LogP contribution in [-0.2, 0) is 9.59 Å². The van der Waals surface area contributed by atoms with E-state index in [0.29, 0.717) is 27.0 Å². The quantitative estimate of drug-likeness (QED) is 0.219. The number of aryl methyl sites for hydroxylation is 1. The highest BCUT2D eigenvalue weighted by atomic mass is 35.5. The molecule has 2 heterocycles. The zero-order chi connectivity index (χ0) is 24.0. The van der Waals surface area contributed by atoms with Crippen molar-refractivity contribution in [2.24, 2.45) is 0 Å². The number of hydrogen-bond donors (Lipinski definition) is 1. The molecule has 0 bridgehead atoms. The van der Waals surface area contributed by atoms with Gasteiger partial charge in [0.05, 0.1) is 28.9 Å². The van der Waals surface area contributed by atoms with E-state index in [4.69, 9.17) is 16.3 Å². The van der Waals surface area contributed by atoms with Crippen molar-refractivity contribution in [3.63, 3.8) is 0 Å². The first-order chi connectivity index (χ1) is 16.4. The molecule has 1 aliphatic heterocycles. The van der Waals surface area contributed by atoms with Gasteiger partial charge in [-0.05, 0) is 66.6 Å². The number of anilines is 1. The molecule has 1 N–H and O–H groups in total. The van der Waals surface area contributed by atoms with Gasteiger partial charge < -0.3 is 9.84 Å². The van der Waals surface area contributed by atoms with E-state index in [1.54, 1.807) is 55.6 Å². The molecule has 0 saturated carbocycles. The van der Waals surface area contributed by atoms with E-state index in [1.807, 2.05) is 25.1 Å². The first-order valence-corrected chi connectivity index (χ1v) is 11.6. The molecule has 1 aliphatic rings. The Morgan fingerprint density at radius 2 is 1.76 bits per heavy atom. The van der Waals surface area contributed by atoms with Crippen LogP contribution < -0.4 is 9.64 Å². The van der Waals surface area contributed by atoms with Gasteiger partial charge in [0.25, 0.3) is 5.78 Å². The van der Waals surface area contributed by atoms with Gasteiger partial charge in [0.1, 0.15) is 11.5 Å². The minimum atomic E-state index is -0.860. The zero-order valence-corrected chi connectivity index (χ0v) is 19.9. The maximum atomic E-state index is 13.3. The first-order valence-electron chi connectivity index (χ1n) is 10.5. The minimum absolute atomic E-state index is 0.00655. The van der Waals surface area contributed by atoms with Crippen LogP contribution in [0.1, 0.15) is 22.7 Å². The van der Waals surface area contributed by atoms with Crippen molar-refractivity contribution in [1.29, 1.82) is 0 Å². The van der Waals surface area contributed by atoms with Crippen molar-refractivity contribution in [2.75, 3.05) is 12.0 Å². The van der Waals surface area contributed by atoms with Crippen molar-refractivity contribution < 1.29 is 19.4 Å². The largest absolute Gasteiger partial charge is 0.507 e. The number of aromatic nitrogens is 1. The number of carbonyl (C=O) groups is 2. The highest BCUT2D eigenvalue weighted by Gasteiger charge is 2.48. The van der Waals surface area contributed by atoms with Crippen LogP contribution in [0.25, 0.3) is 16.0 Å². The number of ether oxygens (including phenoxy) is 1. The molecule has 1 aromatic heterocycles. The molecule has 0 spiro atoms. The summed E-state index contributed by atoms with van der Waals surface area (Å²) in [6, 6.07) is 18.4. The SMILES string of the molecule is COc1ccc(C(O)=C2C(=O)C(=O)N(c3nc4ccc(C)cc4s3)[C@@H]2c2ccc(Cl)cc2)cc1. The normalized spacial score (nSPS) is 17.5. The number of methoxy groups -OCH3 is 1. The molecule has 6 nitrogen and oxygen atoms in total. The molecule has 8 heteroatoms. The second kappa shape index (κ2) is 8.59. The molecule has 0 aliphatic carbocycles. The maximum absolute atomic E-state index is 13.3. The number of benzene rings is 3. The Balaban J connectivity index is 1.71. The number of nitrogens with zero attached hydrogens (tertiary/aromatic N) is 2. The third-order valence-electron chi connectivity index (χ3n) is 5.73. The fourth-order valence-electron chi connectivity index (χ4n) is 4.02. The molecule has 4 aromatic rings. The van der Waals surface area contributed by atoms with E-state index in [-0.39, 0.29) is 11.3 Å². The van der Waals surface area contributed by atoms with Gasteiger partial charge >= 0.3 is 5.91 Å². The number of thiazole rings is 1. The lowest BCUT2D eigenvalue weighted by Crippen LogP contribution is -2.29. The highest BCUT2D eigenvalue weighted by molar-refractivity contribution is 7.22. The van der Waals surface area contributed by atoms with Crippen LogP contribution in [0.5, 0.6) is 5.75 Å². The average Bonchev–Trinajstić information content (AvgIpc) is 3.37. The molecular formula is C26H19ClN2O4S. The molecule has 0 unspecified atom stereocenters. The van der Waals surface area contributed by atoms with Gasteiger partial charge in [-0.2, -0.15) is 0 Å². The van der Waals surface area contributed by atoms with Gasteiger partial charge in [-0.25, -0.2) is 4.98 Å². The summed E-state index contributed by atoms with van der Waals surface area (Å²) >= 11 is 7.42. The average molecular weight is 491 g/mol. The lowest BCUT2D eigenvalue weighted by Gasteiger charge is -2.23. The number of ketones is 1. The predicted octanol–water partition coefficient (Wildman–Crippen LogP) is 5.89. The van der Waals surface area contributed by atoms with Crippen LogP contribution in [0.2, 0.25) is 5.02 Å². The van der Waals surface area contributed by atoms with Crippen LogP contribution in [0, 0.1) is 6.92 Å². The number of fused-ring (bicyclic) bond motifs is 1. The van der Waals surface area contributed by atoms with Crippen molar-refractivity contribution in [1.82, 2.24) is 4.98 Å². The minimum Gasteiger partial charge on any atom is -0.507 e. The van der Waals surface area contributed by atoms with Gasteiger partial charge in [-0.3, -0.25) is 14.5 Å². The molecule has 170 valence electrons. The van der Waals surface area contributed by atoms with Gasteiger partial charge in [0.15, 0.2) is 5.13 Å². The Kier molecular flexibility index (Phi) is 5.59. The van der Waals surface area contributed by atoms with E-state index in [1.165, 1.54) is 16.2 Å². The van der Waals surface area contributed by atoms with E-state index in [9.17, 15) is 14.7 Å². The molecule has 3 aromatic carbocycles. The predicted molar refractivity (Wildman–Crippen MR) is 134 cm³/mol. The Bertz CT molecular complexity index is 1460. The molecule has 0 radical (unpaired) electrons. The van der Waals surface area contributed by atoms with Gasteiger partial charge in [-0.15, -0.1) is 0 Å². The standard InChI is InChI=1S/C26H19ClN2O4S/c1-14-3-12-19-20(13-14)34-26(28-19)29-22(15-4-8-17(27)9-5-15)21(24(31)25(29)32)23(30)16-6-10-18(33-2)11-7-16/h3-13,22,30H,1-2H3/t22-/m1/s1. The van der Waals surface area contributed by atoms with Crippen LogP contribution in [0.15, 0.2) is 72.3 Å². The lowest BCUT2D eigenvalue weighted by molar-refractivity contribution is -0.132. The number of amides is 1. The molecule has 1 atom stereocenters. The van der Waals surface area contributed by atoms with E-state index < -0.39 is 17.7 Å². The number of carbonyl (C=O) groups excluding carboxylic acids is 2. The van der Waals surface area contributed by atoms with Crippen LogP contribution in [-0.4, -0.2) is 28.9 Å². The van der Waals surface area contributed by atoms with Crippen LogP contribution in [0.4, 0.5) is 5.13 Å². The van der Waals surface area contributed by atoms with Crippen LogP contribution >= 0.6 is 22.9 Å². The number of hydrogen-bond acceptors (Lipinski definition) is 6. The van der Waals surface area contributed by atoms with Crippen molar-refractivity contribution >= 4 is 55.7 Å². The third-order valence-corrected chi connectivity index (χ3v) is 7.00. The summed E-state index contributed by atoms with van der Waals surface area (Å²) < 4.78 is 6.08. The second-order valence-corrected chi connectivity index (χ2v) is 9.36. The summed E-state index contributed by atoms with van der Waals surface area (Å²) in [5.41, 5.74) is 2.83. The zero-order valence-electron chi connectivity index (χ0n) is 18.3. The Labute approximate surface area is 204 Å². The van der Waals surface area contributed by atoms with Crippen molar-refractivity contribution in [3.05, 3.63) is 94.0 Å². The Morgan fingerprint density at radius 1 is 1.06 bits per heavy atom. The molecular weight excluding hydrogens is 472 g/mol. The number of aliphatic hydroxyl groups is 1. The smallest absolute Gasteiger partial charge is 0.301 e. The summed E-state index contributed by atoms with van der Waals surface area (Å²) in [5.74, 6) is -1.18. The summed E-state index contributed by atoms with van der Waals surface area (Å²) in [6.07, 6.45) is 0. The van der Waals surface area contributed by atoms with Crippen molar-refractivity contribution in [2.45, 2.75) is 13.0 Å². The lowest BCUT2D eigenvalue weighted by atomic mass is 9.95. The molecule has 5 rings (SSSR count). The summed E-state index contributed by atoms with van der Waals surface area (Å²) in [4.78, 5) is 32.6. The Morgan fingerprint density at radius 3 is 2.44 bits per heavy atom. The fraction of sp³-hybridized carbons (Fsp3) is 0.115. The summed E-state index contributed by atoms with van der Waals surface area (Å²) in [6.45, 7) is 1.98. The fourth-order valence-corrected chi connectivity index (χ4v) is 5.23. The number of rotatable bonds is 4. The van der Waals surface area contributed by atoms with Crippen molar-refractivity contribution in [3.8, 4) is 5.75 Å². The van der Waals surface area contributed by atoms with Gasteiger partial charge in [-0.1, -0.05) is 41.1 Å². The van der Waals surface area contributed by atoms with Crippen LogP contribution in [0.3, 0.4) is 0 Å². The first kappa shape index (κ1) is 22.1. The van der Waals surface area contributed by atoms with E-state index >= 15 is 0 Å². The highest BCUT2D eigenvalue weighted by Crippen LogP contribution is 2.44. The molecule has 34 heavy (non-hydrogen) atoms. The maximum Gasteiger partial charge on any atom is 0.301 e. The number of Topliss-reactive ketones (excluding diaryl/α,β-unsaturated/α-hetero) is 1. The number of aliphatic hydroxyl groups excluding tert-OH is 1. The Hall–Kier alpha value is -3.68. The molecule has 1 fully saturated rings. The molecule has 1 amide bonds. The number of halogens is 1. The summed E-state index contributed by atoms with van der Waals surface area (Å²) in [7, 11) is 1.54. The van der Waals surface area contributed by atoms with Gasteiger partial charge in [0, 0.05) is 10.6 Å². The molecule has 1 saturated heterocycles. The van der Waals surface area contributed by atoms with Gasteiger partial charge in [0.2, 0.25) is 0 Å². The topological polar surface area (TPSA) is 79.7 Å². The second-order valence-electron chi connectivity index (χ2n) is 7.92.